The number of nitrogens with zero attached hydrogens (tertiary/aromatic N) is 3. The molecule has 0 saturated carbocycles. The zero-order valence-corrected chi connectivity index (χ0v) is 17.0. The van der Waals surface area contributed by atoms with E-state index in [4.69, 9.17) is 4.74 Å². The summed E-state index contributed by atoms with van der Waals surface area (Å²) in [5.41, 5.74) is 1.04. The van der Waals surface area contributed by atoms with Crippen LogP contribution in [0.4, 0.5) is 10.1 Å². The van der Waals surface area contributed by atoms with Gasteiger partial charge in [0.15, 0.2) is 5.52 Å². The monoisotopic (exact) mass is 424 g/mol. The van der Waals surface area contributed by atoms with Gasteiger partial charge in [-0.3, -0.25) is 9.59 Å². The van der Waals surface area contributed by atoms with Gasteiger partial charge >= 0.3 is 0 Å². The van der Waals surface area contributed by atoms with Crippen LogP contribution >= 0.6 is 11.3 Å². The number of para-hydroxylation sites is 1. The predicted molar refractivity (Wildman–Crippen MR) is 113 cm³/mol. The Morgan fingerprint density at radius 2 is 2.03 bits per heavy atom. The molecule has 0 aliphatic rings. The van der Waals surface area contributed by atoms with Crippen LogP contribution in [0.25, 0.3) is 21.5 Å². The highest BCUT2D eigenvalue weighted by atomic mass is 32.1. The van der Waals surface area contributed by atoms with Crippen molar-refractivity contribution in [2.75, 3.05) is 12.4 Å². The molecule has 2 aromatic heterocycles. The standard InChI is InChI=1S/C21H17FN4O3S/c1-12-23-19-20(30-12)18(13-6-5-7-14(10-13)29-2)25-26(21(19)28)11-17(27)24-16-9-4-3-8-15(16)22/h3-10H,11H2,1-2H3,(H,24,27). The second-order valence-corrected chi connectivity index (χ2v) is 7.69. The molecular formula is C21H17FN4O3S. The number of ether oxygens (including phenoxy) is 1. The minimum absolute atomic E-state index is 0.0362. The second kappa shape index (κ2) is 8.03. The minimum Gasteiger partial charge on any atom is -0.497 e. The van der Waals surface area contributed by atoms with Crippen molar-refractivity contribution in [3.63, 3.8) is 0 Å². The van der Waals surface area contributed by atoms with Gasteiger partial charge in [-0.2, -0.15) is 5.10 Å². The maximum atomic E-state index is 13.8. The Balaban J connectivity index is 1.77. The molecule has 1 amide bonds. The maximum Gasteiger partial charge on any atom is 0.294 e. The molecule has 9 heteroatoms. The summed E-state index contributed by atoms with van der Waals surface area (Å²) in [6, 6.07) is 13.1. The molecule has 0 aliphatic heterocycles. The number of anilines is 1. The minimum atomic E-state index is -0.572. The number of aromatic nitrogens is 3. The molecule has 2 heterocycles. The van der Waals surface area contributed by atoms with Crippen molar-refractivity contribution in [1.29, 1.82) is 0 Å². The molecule has 1 N–H and O–H groups in total. The quantitative estimate of drug-likeness (QED) is 0.529. The summed E-state index contributed by atoms with van der Waals surface area (Å²) in [7, 11) is 1.56. The lowest BCUT2D eigenvalue weighted by atomic mass is 10.1. The van der Waals surface area contributed by atoms with Crippen molar-refractivity contribution >= 4 is 33.1 Å². The molecule has 7 nitrogen and oxygen atoms in total. The molecule has 0 radical (unpaired) electrons. The number of carbonyl (C=O) groups excluding carboxylic acids is 1. The smallest absolute Gasteiger partial charge is 0.294 e. The zero-order chi connectivity index (χ0) is 21.3. The molecule has 152 valence electrons. The summed E-state index contributed by atoms with van der Waals surface area (Å²) >= 11 is 1.36. The Morgan fingerprint density at radius 1 is 1.23 bits per heavy atom. The Hall–Kier alpha value is -3.59. The van der Waals surface area contributed by atoms with E-state index in [1.54, 1.807) is 32.2 Å². The first-order valence-electron chi connectivity index (χ1n) is 9.03. The third-order valence-electron chi connectivity index (χ3n) is 4.39. The van der Waals surface area contributed by atoms with Crippen LogP contribution in [0.3, 0.4) is 0 Å². The van der Waals surface area contributed by atoms with E-state index < -0.39 is 17.3 Å². The lowest BCUT2D eigenvalue weighted by Gasteiger charge is -2.10. The molecule has 0 atom stereocenters. The number of benzene rings is 2. The SMILES string of the molecule is COc1cccc(-c2nn(CC(=O)Nc3ccccc3F)c(=O)c3nc(C)sc23)c1. The van der Waals surface area contributed by atoms with E-state index in [2.05, 4.69) is 15.4 Å². The molecule has 4 rings (SSSR count). The van der Waals surface area contributed by atoms with Gasteiger partial charge in [0, 0.05) is 5.56 Å². The summed E-state index contributed by atoms with van der Waals surface area (Å²) in [6.07, 6.45) is 0. The number of rotatable bonds is 5. The highest BCUT2D eigenvalue weighted by Gasteiger charge is 2.18. The molecule has 30 heavy (non-hydrogen) atoms. The first-order valence-corrected chi connectivity index (χ1v) is 9.85. The maximum absolute atomic E-state index is 13.8. The highest BCUT2D eigenvalue weighted by molar-refractivity contribution is 7.19. The Kier molecular flexibility index (Phi) is 5.28. The predicted octanol–water partition coefficient (Wildman–Crippen LogP) is 3.61. The average Bonchev–Trinajstić information content (AvgIpc) is 3.13. The molecule has 0 saturated heterocycles. The van der Waals surface area contributed by atoms with Gasteiger partial charge in [-0.25, -0.2) is 14.1 Å². The highest BCUT2D eigenvalue weighted by Crippen LogP contribution is 2.31. The van der Waals surface area contributed by atoms with Crippen LogP contribution < -0.4 is 15.6 Å². The first kappa shape index (κ1) is 19.7. The molecule has 0 spiro atoms. The van der Waals surface area contributed by atoms with Gasteiger partial charge in [-0.05, 0) is 31.2 Å². The van der Waals surface area contributed by atoms with Gasteiger partial charge in [-0.1, -0.05) is 24.3 Å². The van der Waals surface area contributed by atoms with Gasteiger partial charge in [0.1, 0.15) is 23.8 Å². The third kappa shape index (κ3) is 3.79. The van der Waals surface area contributed by atoms with Crippen molar-refractivity contribution < 1.29 is 13.9 Å². The van der Waals surface area contributed by atoms with Crippen molar-refractivity contribution in [1.82, 2.24) is 14.8 Å². The third-order valence-corrected chi connectivity index (χ3v) is 5.37. The number of aryl methyl sites for hydroxylation is 1. The molecular weight excluding hydrogens is 407 g/mol. The Labute approximate surface area is 174 Å². The summed E-state index contributed by atoms with van der Waals surface area (Å²) < 4.78 is 20.8. The Morgan fingerprint density at radius 3 is 2.80 bits per heavy atom. The van der Waals surface area contributed by atoms with Crippen molar-refractivity contribution in [3.05, 3.63) is 69.7 Å². The number of nitrogens with one attached hydrogen (secondary N) is 1. The number of hydrogen-bond acceptors (Lipinski definition) is 6. The van der Waals surface area contributed by atoms with E-state index in [1.807, 2.05) is 12.1 Å². The largest absolute Gasteiger partial charge is 0.497 e. The van der Waals surface area contributed by atoms with E-state index in [1.165, 1.54) is 29.5 Å². The molecule has 0 fully saturated rings. The van der Waals surface area contributed by atoms with Crippen molar-refractivity contribution in [2.45, 2.75) is 13.5 Å². The molecule has 0 bridgehead atoms. The van der Waals surface area contributed by atoms with Gasteiger partial charge in [0.05, 0.1) is 22.5 Å². The van der Waals surface area contributed by atoms with Crippen LogP contribution in [0.5, 0.6) is 5.75 Å². The molecule has 2 aromatic carbocycles. The molecule has 0 unspecified atom stereocenters. The Bertz CT molecular complexity index is 1320. The fourth-order valence-electron chi connectivity index (χ4n) is 3.02. The summed E-state index contributed by atoms with van der Waals surface area (Å²) in [6.45, 7) is 1.42. The summed E-state index contributed by atoms with van der Waals surface area (Å²) in [4.78, 5) is 29.7. The van der Waals surface area contributed by atoms with Gasteiger partial charge in [0.25, 0.3) is 5.56 Å². The van der Waals surface area contributed by atoms with Crippen LogP contribution in [-0.2, 0) is 11.3 Å². The van der Waals surface area contributed by atoms with Crippen LogP contribution in [0.1, 0.15) is 5.01 Å². The van der Waals surface area contributed by atoms with E-state index in [0.29, 0.717) is 21.2 Å². The lowest BCUT2D eigenvalue weighted by Crippen LogP contribution is -2.30. The zero-order valence-electron chi connectivity index (χ0n) is 16.2. The van der Waals surface area contributed by atoms with Crippen molar-refractivity contribution in [3.8, 4) is 17.0 Å². The average molecular weight is 424 g/mol. The number of halogens is 1. The van der Waals surface area contributed by atoms with E-state index in [9.17, 15) is 14.0 Å². The first-order chi connectivity index (χ1) is 14.5. The van der Waals surface area contributed by atoms with E-state index >= 15 is 0 Å². The lowest BCUT2D eigenvalue weighted by molar-refractivity contribution is -0.117. The number of fused-ring (bicyclic) bond motifs is 1. The normalized spacial score (nSPS) is 10.9. The van der Waals surface area contributed by atoms with Gasteiger partial charge in [0.2, 0.25) is 5.91 Å². The van der Waals surface area contributed by atoms with E-state index in [0.717, 1.165) is 10.2 Å². The van der Waals surface area contributed by atoms with E-state index in [-0.39, 0.29) is 17.7 Å². The molecule has 4 aromatic rings. The van der Waals surface area contributed by atoms with Crippen LogP contribution in [0.2, 0.25) is 0 Å². The van der Waals surface area contributed by atoms with Crippen LogP contribution in [-0.4, -0.2) is 27.8 Å². The number of amides is 1. The number of carbonyl (C=O) groups is 1. The number of thiazole rings is 1. The summed E-state index contributed by atoms with van der Waals surface area (Å²) in [5, 5.41) is 7.60. The van der Waals surface area contributed by atoms with Gasteiger partial charge in [-0.15, -0.1) is 11.3 Å². The summed E-state index contributed by atoms with van der Waals surface area (Å²) in [5.74, 6) is -0.495. The topological polar surface area (TPSA) is 86.1 Å². The fourth-order valence-corrected chi connectivity index (χ4v) is 3.94. The number of hydrogen-bond donors (Lipinski definition) is 1. The van der Waals surface area contributed by atoms with Crippen molar-refractivity contribution in [2.24, 2.45) is 0 Å². The van der Waals surface area contributed by atoms with Crippen LogP contribution in [0, 0.1) is 12.7 Å². The molecule has 0 aliphatic carbocycles. The number of methoxy groups -OCH3 is 1. The van der Waals surface area contributed by atoms with Crippen LogP contribution in [0.15, 0.2) is 53.3 Å². The van der Waals surface area contributed by atoms with Gasteiger partial charge < -0.3 is 10.1 Å². The fraction of sp³-hybridized carbons (Fsp3) is 0.143. The second-order valence-electron chi connectivity index (χ2n) is 6.48.